The zero-order valence-electron chi connectivity index (χ0n) is 13.9. The molecule has 0 aliphatic heterocycles. The summed E-state index contributed by atoms with van der Waals surface area (Å²) in [4.78, 5) is 18.2. The van der Waals surface area contributed by atoms with Crippen LogP contribution in [0.25, 0.3) is 0 Å². The Morgan fingerprint density at radius 3 is 2.83 bits per heavy atom. The van der Waals surface area contributed by atoms with Crippen LogP contribution in [0.15, 0.2) is 36.7 Å². The Labute approximate surface area is 141 Å². The van der Waals surface area contributed by atoms with Gasteiger partial charge in [0.15, 0.2) is 0 Å². The molecular weight excluding hydrogens is 306 g/mol. The molecule has 1 saturated carbocycles. The van der Waals surface area contributed by atoms with E-state index in [1.54, 1.807) is 30.2 Å². The highest BCUT2D eigenvalue weighted by Crippen LogP contribution is 2.30. The van der Waals surface area contributed by atoms with Crippen LogP contribution in [0.4, 0.5) is 10.6 Å². The van der Waals surface area contributed by atoms with Crippen LogP contribution in [0.5, 0.6) is 0 Å². The van der Waals surface area contributed by atoms with Crippen molar-refractivity contribution in [3.63, 3.8) is 0 Å². The molecule has 2 aromatic heterocycles. The van der Waals surface area contributed by atoms with E-state index in [4.69, 9.17) is 0 Å². The number of nitrogens with zero attached hydrogens (tertiary/aromatic N) is 4. The average molecular weight is 329 g/mol. The van der Waals surface area contributed by atoms with Crippen molar-refractivity contribution >= 4 is 11.8 Å². The minimum absolute atomic E-state index is 0.252. The number of pyridine rings is 1. The first-order chi connectivity index (χ1) is 11.6. The van der Waals surface area contributed by atoms with E-state index in [-0.39, 0.29) is 6.03 Å². The summed E-state index contributed by atoms with van der Waals surface area (Å²) in [5, 5.41) is 17.5. The van der Waals surface area contributed by atoms with Gasteiger partial charge in [-0.05, 0) is 25.0 Å². The van der Waals surface area contributed by atoms with Gasteiger partial charge in [-0.15, -0.1) is 0 Å². The molecule has 7 nitrogen and oxygen atoms in total. The Morgan fingerprint density at radius 1 is 1.33 bits per heavy atom. The topological polar surface area (TPSA) is 83.3 Å². The van der Waals surface area contributed by atoms with Gasteiger partial charge in [0.2, 0.25) is 0 Å². The van der Waals surface area contributed by atoms with Crippen LogP contribution in [0, 0.1) is 0 Å². The fraction of sp³-hybridized carbons (Fsp3) is 0.471. The van der Waals surface area contributed by atoms with Crippen LogP contribution in [-0.2, 0) is 6.54 Å². The van der Waals surface area contributed by atoms with Crippen molar-refractivity contribution in [1.29, 1.82) is 0 Å². The fourth-order valence-corrected chi connectivity index (χ4v) is 3.12. The molecular formula is C17H23N5O2. The molecule has 3 rings (SSSR count). The molecule has 1 aliphatic carbocycles. The van der Waals surface area contributed by atoms with E-state index in [0.29, 0.717) is 18.9 Å². The summed E-state index contributed by atoms with van der Waals surface area (Å²) in [6.45, 7) is 0.824. The Morgan fingerprint density at radius 2 is 2.12 bits per heavy atom. The second-order valence-electron chi connectivity index (χ2n) is 6.41. The first-order valence-electron chi connectivity index (χ1n) is 8.22. The first-order valence-corrected chi connectivity index (χ1v) is 8.22. The standard InChI is InChI=1S/C17H23N5O2/c1-21(13-17(24)8-3-4-9-17)16(23)20-15-7-11-19-22(15)12-14-6-2-5-10-18-14/h2,5-7,10-11,24H,3-4,8-9,12-13H2,1H3,(H,20,23). The van der Waals surface area contributed by atoms with Crippen LogP contribution in [0.1, 0.15) is 31.4 Å². The zero-order valence-corrected chi connectivity index (χ0v) is 13.9. The van der Waals surface area contributed by atoms with E-state index < -0.39 is 5.60 Å². The van der Waals surface area contributed by atoms with Gasteiger partial charge in [0.25, 0.3) is 0 Å². The number of anilines is 1. The largest absolute Gasteiger partial charge is 0.388 e. The van der Waals surface area contributed by atoms with Gasteiger partial charge >= 0.3 is 6.03 Å². The van der Waals surface area contributed by atoms with E-state index in [2.05, 4.69) is 15.4 Å². The lowest BCUT2D eigenvalue weighted by Crippen LogP contribution is -2.43. The maximum atomic E-state index is 12.4. The Hall–Kier alpha value is -2.41. The number of hydrogen-bond acceptors (Lipinski definition) is 4. The normalized spacial score (nSPS) is 16.1. The molecule has 2 N–H and O–H groups in total. The number of carbonyl (C=O) groups is 1. The van der Waals surface area contributed by atoms with E-state index in [9.17, 15) is 9.90 Å². The van der Waals surface area contributed by atoms with E-state index >= 15 is 0 Å². The van der Waals surface area contributed by atoms with Crippen LogP contribution in [0.2, 0.25) is 0 Å². The summed E-state index contributed by atoms with van der Waals surface area (Å²) < 4.78 is 1.69. The van der Waals surface area contributed by atoms with Crippen molar-refractivity contribution in [3.8, 4) is 0 Å². The predicted molar refractivity (Wildman–Crippen MR) is 90.6 cm³/mol. The number of hydrogen-bond donors (Lipinski definition) is 2. The third kappa shape index (κ3) is 3.91. The lowest BCUT2D eigenvalue weighted by molar-refractivity contribution is 0.0261. The summed E-state index contributed by atoms with van der Waals surface area (Å²) in [7, 11) is 1.70. The molecule has 0 radical (unpaired) electrons. The predicted octanol–water partition coefficient (Wildman–Crippen LogP) is 2.10. The van der Waals surface area contributed by atoms with Gasteiger partial charge < -0.3 is 10.0 Å². The van der Waals surface area contributed by atoms with Crippen LogP contribution in [-0.4, -0.2) is 50.0 Å². The smallest absolute Gasteiger partial charge is 0.322 e. The maximum Gasteiger partial charge on any atom is 0.322 e. The molecule has 0 unspecified atom stereocenters. The monoisotopic (exact) mass is 329 g/mol. The summed E-state index contributed by atoms with van der Waals surface area (Å²) in [6.07, 6.45) is 6.91. The third-order valence-electron chi connectivity index (χ3n) is 4.40. The van der Waals surface area contributed by atoms with Gasteiger partial charge in [-0.2, -0.15) is 5.10 Å². The van der Waals surface area contributed by atoms with E-state index in [1.165, 1.54) is 4.90 Å². The van der Waals surface area contributed by atoms with Crippen molar-refractivity contribution in [2.45, 2.75) is 37.8 Å². The Bertz CT molecular complexity index is 679. The highest BCUT2D eigenvalue weighted by molar-refractivity contribution is 5.88. The molecule has 24 heavy (non-hydrogen) atoms. The van der Waals surface area contributed by atoms with Crippen molar-refractivity contribution in [3.05, 3.63) is 42.4 Å². The first kappa shape index (κ1) is 16.4. The zero-order chi connectivity index (χ0) is 17.0. The maximum absolute atomic E-state index is 12.4. The molecule has 0 saturated heterocycles. The van der Waals surface area contributed by atoms with Crippen molar-refractivity contribution in [1.82, 2.24) is 19.7 Å². The lowest BCUT2D eigenvalue weighted by Gasteiger charge is -2.28. The van der Waals surface area contributed by atoms with Crippen molar-refractivity contribution < 1.29 is 9.90 Å². The van der Waals surface area contributed by atoms with Crippen molar-refractivity contribution in [2.75, 3.05) is 18.9 Å². The highest BCUT2D eigenvalue weighted by atomic mass is 16.3. The van der Waals surface area contributed by atoms with E-state index in [1.807, 2.05) is 18.2 Å². The quantitative estimate of drug-likeness (QED) is 0.880. The summed E-state index contributed by atoms with van der Waals surface area (Å²) in [5.74, 6) is 0.607. The summed E-state index contributed by atoms with van der Waals surface area (Å²) in [5.41, 5.74) is 0.116. The van der Waals surface area contributed by atoms with Crippen LogP contribution < -0.4 is 5.32 Å². The summed E-state index contributed by atoms with van der Waals surface area (Å²) in [6, 6.07) is 7.18. The number of urea groups is 1. The van der Waals surface area contributed by atoms with Crippen LogP contribution >= 0.6 is 0 Å². The number of carbonyl (C=O) groups excluding carboxylic acids is 1. The van der Waals surface area contributed by atoms with E-state index in [0.717, 1.165) is 31.4 Å². The molecule has 128 valence electrons. The minimum Gasteiger partial charge on any atom is -0.388 e. The molecule has 0 spiro atoms. The summed E-state index contributed by atoms with van der Waals surface area (Å²) >= 11 is 0. The molecule has 2 aromatic rings. The average Bonchev–Trinajstić information content (AvgIpc) is 3.18. The van der Waals surface area contributed by atoms with Gasteiger partial charge in [-0.25, -0.2) is 9.48 Å². The molecule has 7 heteroatoms. The third-order valence-corrected chi connectivity index (χ3v) is 4.40. The number of nitrogens with one attached hydrogen (secondary N) is 1. The minimum atomic E-state index is -0.750. The Balaban J connectivity index is 1.61. The van der Waals surface area contributed by atoms with Gasteiger partial charge in [-0.1, -0.05) is 18.9 Å². The lowest BCUT2D eigenvalue weighted by atomic mass is 10.0. The SMILES string of the molecule is CN(CC1(O)CCCC1)C(=O)Nc1ccnn1Cc1ccccn1. The van der Waals surface area contributed by atoms with Gasteiger partial charge in [0, 0.05) is 19.3 Å². The number of rotatable bonds is 5. The molecule has 0 aromatic carbocycles. The molecule has 2 amide bonds. The molecule has 1 aliphatic rings. The molecule has 0 atom stereocenters. The Kier molecular flexibility index (Phi) is 4.80. The molecule has 0 bridgehead atoms. The molecule has 1 fully saturated rings. The molecule has 2 heterocycles. The van der Waals surface area contributed by atoms with Gasteiger partial charge in [0.05, 0.1) is 30.6 Å². The fourth-order valence-electron chi connectivity index (χ4n) is 3.12. The highest BCUT2D eigenvalue weighted by Gasteiger charge is 2.33. The number of amides is 2. The second kappa shape index (κ2) is 7.00. The van der Waals surface area contributed by atoms with Gasteiger partial charge in [0.1, 0.15) is 5.82 Å². The second-order valence-corrected chi connectivity index (χ2v) is 6.41. The van der Waals surface area contributed by atoms with Crippen molar-refractivity contribution in [2.24, 2.45) is 0 Å². The number of aliphatic hydroxyl groups is 1. The van der Waals surface area contributed by atoms with Gasteiger partial charge in [-0.3, -0.25) is 10.3 Å². The van der Waals surface area contributed by atoms with Crippen LogP contribution in [0.3, 0.4) is 0 Å². The number of aromatic nitrogens is 3. The number of likely N-dealkylation sites (N-methyl/N-ethyl adjacent to an activating group) is 1.